The fourth-order valence-corrected chi connectivity index (χ4v) is 9.49. The number of Topliss-reactive ketones (excluding diaryl/α,β-unsaturated/α-hetero) is 1. The van der Waals surface area contributed by atoms with Crippen LogP contribution in [0.3, 0.4) is 0 Å². The predicted octanol–water partition coefficient (Wildman–Crippen LogP) is 5.80. The average molecular weight is 913 g/mol. The van der Waals surface area contributed by atoms with Crippen molar-refractivity contribution in [2.24, 2.45) is 23.7 Å². The van der Waals surface area contributed by atoms with Crippen LogP contribution in [0.2, 0.25) is 0 Å². The minimum absolute atomic E-state index is 0.0176. The molecule has 4 heterocycles. The molecule has 1 amide bonds. The Bertz CT molecular complexity index is 2670. The third-order valence-corrected chi connectivity index (χ3v) is 13.3. The van der Waals surface area contributed by atoms with Crippen LogP contribution in [0.15, 0.2) is 57.5 Å². The van der Waals surface area contributed by atoms with E-state index in [9.17, 15) is 39.6 Å². The first-order valence-corrected chi connectivity index (χ1v) is 22.3. The number of nitrogens with zero attached hydrogens (tertiary/aromatic N) is 3. The van der Waals surface area contributed by atoms with Gasteiger partial charge in [-0.25, -0.2) is 4.98 Å². The first kappa shape index (κ1) is 47.9. The van der Waals surface area contributed by atoms with Gasteiger partial charge in [0.15, 0.2) is 11.3 Å². The number of piperazine rings is 1. The van der Waals surface area contributed by atoms with Gasteiger partial charge in [0.2, 0.25) is 5.43 Å². The zero-order valence-corrected chi connectivity index (χ0v) is 38.8. The quantitative estimate of drug-likeness (QED) is 0.0905. The molecular weight excluding hydrogens is 853 g/mol. The number of allylic oxidation sites excluding steroid dienone is 3. The number of β-amino-alcohol motifs (C(OH)–C–C–N with tert-alkyl or cyclic N) is 1. The summed E-state index contributed by atoms with van der Waals surface area (Å²) in [6.07, 6.45) is 6.07. The van der Waals surface area contributed by atoms with Crippen molar-refractivity contribution in [2.75, 3.05) is 56.7 Å². The highest BCUT2D eigenvalue weighted by molar-refractivity contribution is 6.22. The molecule has 2 aromatic rings. The van der Waals surface area contributed by atoms with Crippen LogP contribution < -0.4 is 20.4 Å². The van der Waals surface area contributed by atoms with Crippen molar-refractivity contribution < 1.29 is 58.2 Å². The van der Waals surface area contributed by atoms with E-state index in [0.717, 1.165) is 0 Å². The normalized spacial score (nSPS) is 28.8. The minimum Gasteiger partial charge on any atom is -0.507 e. The molecule has 0 saturated carbocycles. The monoisotopic (exact) mass is 912 g/mol. The number of fused-ring (bicyclic) bond motifs is 2. The maximum Gasteiger partial charge on any atom is 0.312 e. The number of phenolic OH excluding ortho intramolecular Hbond substituents is 2. The summed E-state index contributed by atoms with van der Waals surface area (Å²) in [7, 11) is 1.47. The van der Waals surface area contributed by atoms with Crippen molar-refractivity contribution in [1.29, 1.82) is 0 Å². The van der Waals surface area contributed by atoms with E-state index in [1.807, 2.05) is 38.7 Å². The van der Waals surface area contributed by atoms with Crippen molar-refractivity contribution >= 4 is 50.9 Å². The molecule has 0 aromatic heterocycles. The van der Waals surface area contributed by atoms with Gasteiger partial charge in [0.1, 0.15) is 40.3 Å². The summed E-state index contributed by atoms with van der Waals surface area (Å²) in [6.45, 7) is 16.3. The minimum atomic E-state index is -2.06. The lowest BCUT2D eigenvalue weighted by Gasteiger charge is -2.36. The van der Waals surface area contributed by atoms with Crippen molar-refractivity contribution in [3.63, 3.8) is 0 Å². The van der Waals surface area contributed by atoms with Gasteiger partial charge in [-0.05, 0) is 38.2 Å². The van der Waals surface area contributed by atoms with Crippen LogP contribution in [0.25, 0.3) is 33.3 Å². The van der Waals surface area contributed by atoms with Gasteiger partial charge in [0.25, 0.3) is 11.7 Å². The summed E-state index contributed by atoms with van der Waals surface area (Å²) in [5, 5.41) is 46.6. The first-order valence-electron chi connectivity index (χ1n) is 22.3. The number of ether oxygens (including phenoxy) is 4. The van der Waals surface area contributed by atoms with Gasteiger partial charge in [-0.1, -0.05) is 45.9 Å². The SMILES string of the molecule is CO[C@H]1/C=C/O[C@@]2(C)Oc3c(C)c(O)c4c(=O)c(c5oc6cc(N7CCN(CCO)CC7)cc(O)c6nc-5c4c3C2=O)NC(=O)/C(C)=C\C=C\[C@H](C)C[C@@H](C)[C@@H](O)[C@@H](C)[C@H](OC(C)=O)[C@@H]1C. The predicted molar refractivity (Wildman–Crippen MR) is 247 cm³/mol. The smallest absolute Gasteiger partial charge is 0.312 e. The maximum absolute atomic E-state index is 14.8. The molecule has 17 heteroatoms. The number of anilines is 2. The maximum atomic E-state index is 14.8. The Labute approximate surface area is 382 Å². The number of hydrogen-bond acceptors (Lipinski definition) is 16. The van der Waals surface area contributed by atoms with E-state index in [1.54, 1.807) is 31.2 Å². The summed E-state index contributed by atoms with van der Waals surface area (Å²) in [5.74, 6) is -6.49. The lowest BCUT2D eigenvalue weighted by atomic mass is 9.79. The number of nitrogens with one attached hydrogen (secondary N) is 1. The number of carbonyl (C=O) groups is 3. The van der Waals surface area contributed by atoms with Crippen LogP contribution in [-0.2, 0) is 23.8 Å². The number of aromatic hydroxyl groups is 2. The highest BCUT2D eigenvalue weighted by atomic mass is 16.7. The number of phenols is 2. The molecule has 5 aliphatic rings. The third kappa shape index (κ3) is 8.96. The van der Waals surface area contributed by atoms with Gasteiger partial charge in [-0.2, -0.15) is 0 Å². The van der Waals surface area contributed by atoms with E-state index < -0.39 is 64.8 Å². The number of carbonyl (C=O) groups excluding carboxylic acids is 3. The number of methoxy groups -OCH3 is 1. The zero-order valence-electron chi connectivity index (χ0n) is 38.8. The highest BCUT2D eigenvalue weighted by Crippen LogP contribution is 2.51. The van der Waals surface area contributed by atoms with Gasteiger partial charge in [0, 0.05) is 99.9 Å². The van der Waals surface area contributed by atoms with Crippen molar-refractivity contribution in [1.82, 2.24) is 9.88 Å². The molecule has 1 fully saturated rings. The molecule has 4 aliphatic heterocycles. The highest BCUT2D eigenvalue weighted by Gasteiger charge is 2.50. The van der Waals surface area contributed by atoms with E-state index in [0.29, 0.717) is 44.8 Å². The Kier molecular flexibility index (Phi) is 13.9. The van der Waals surface area contributed by atoms with Gasteiger partial charge in [0.05, 0.1) is 36.0 Å². The van der Waals surface area contributed by atoms with E-state index in [4.69, 9.17) is 28.3 Å². The fourth-order valence-electron chi connectivity index (χ4n) is 9.49. The Hall–Kier alpha value is -6.01. The Morgan fingerprint density at radius 2 is 1.73 bits per heavy atom. The Balaban J connectivity index is 1.42. The van der Waals surface area contributed by atoms with Gasteiger partial charge in [-0.15, -0.1) is 0 Å². The summed E-state index contributed by atoms with van der Waals surface area (Å²) < 4.78 is 30.5. The second-order valence-electron chi connectivity index (χ2n) is 18.1. The van der Waals surface area contributed by atoms with Crippen molar-refractivity contribution in [3.8, 4) is 28.7 Å². The van der Waals surface area contributed by atoms with Gasteiger partial charge in [-0.3, -0.25) is 24.1 Å². The third-order valence-electron chi connectivity index (χ3n) is 13.3. The number of esters is 1. The van der Waals surface area contributed by atoms with Crippen LogP contribution in [0.4, 0.5) is 11.4 Å². The summed E-state index contributed by atoms with van der Waals surface area (Å²) in [6, 6.07) is 3.21. The van der Waals surface area contributed by atoms with E-state index in [2.05, 4.69) is 10.2 Å². The molecule has 0 spiro atoms. The molecule has 7 rings (SSSR count). The van der Waals surface area contributed by atoms with Crippen LogP contribution in [0.1, 0.15) is 70.8 Å². The molecule has 0 unspecified atom stereocenters. The first-order chi connectivity index (χ1) is 31.3. The number of aliphatic hydroxyl groups excluding tert-OH is 2. The molecule has 8 atom stereocenters. The molecule has 1 aliphatic carbocycles. The molecule has 17 nitrogen and oxygen atoms in total. The lowest BCUT2D eigenvalue weighted by Crippen LogP contribution is -2.47. The topological polar surface area (TPSA) is 231 Å². The van der Waals surface area contributed by atoms with E-state index in [1.165, 1.54) is 40.2 Å². The van der Waals surface area contributed by atoms with E-state index >= 15 is 0 Å². The molecule has 5 N–H and O–H groups in total. The zero-order chi connectivity index (χ0) is 47.9. The fraction of sp³-hybridized carbons (Fsp3) is 0.490. The molecule has 354 valence electrons. The number of hydrogen-bond donors (Lipinski definition) is 5. The number of rotatable bonds is 5. The lowest BCUT2D eigenvalue weighted by molar-refractivity contribution is -0.159. The molecule has 0 radical (unpaired) electrons. The Morgan fingerprint density at radius 1 is 1.02 bits per heavy atom. The summed E-state index contributed by atoms with van der Waals surface area (Å²) in [5.41, 5.74) is -0.591. The van der Waals surface area contributed by atoms with Crippen molar-refractivity contribution in [3.05, 3.63) is 69.6 Å². The standard InChI is InChI=1S/C49H60N4O13/c1-24-11-10-12-25(2)48(61)51-40-43(59)36-35(39-46(40)65-34-23-31(22-32(56)38(34)50-39)53-16-14-52(15-17-53)18-19-54)37-45(29(6)42(36)58)66-49(8,47(37)60)63-20-13-33(62-9)27(4)44(64-30(7)55)28(5)41(57)26(3)21-24/h10-13,20,22-24,26-28,33,41,44,54,56-58H,14-19,21H2,1-9H3,(H,51,61)/b11-10+,20-13+,25-12-/t24-,26+,27+,28+,33-,41+,44+,49-/m0/s1. The van der Waals surface area contributed by atoms with Crippen LogP contribution >= 0.6 is 0 Å². The Morgan fingerprint density at radius 3 is 2.39 bits per heavy atom. The number of aromatic nitrogens is 1. The van der Waals surface area contributed by atoms with Gasteiger partial charge < -0.3 is 54.0 Å². The van der Waals surface area contributed by atoms with Crippen LogP contribution in [0, 0.1) is 30.6 Å². The number of benzene rings is 3. The molecular formula is C49H60N4O13. The van der Waals surface area contributed by atoms with E-state index in [-0.39, 0.29) is 85.7 Å². The number of ketones is 1. The largest absolute Gasteiger partial charge is 0.507 e. The molecule has 66 heavy (non-hydrogen) atoms. The second kappa shape index (κ2) is 19.1. The summed E-state index contributed by atoms with van der Waals surface area (Å²) in [4.78, 5) is 65.0. The summed E-state index contributed by atoms with van der Waals surface area (Å²) >= 11 is 0. The molecule has 4 bridgehead atoms. The van der Waals surface area contributed by atoms with Crippen molar-refractivity contribution in [2.45, 2.75) is 85.9 Å². The molecule has 2 aromatic carbocycles. The number of amides is 1. The van der Waals surface area contributed by atoms with Crippen LogP contribution in [0.5, 0.6) is 17.2 Å². The molecule has 1 saturated heterocycles. The number of aliphatic hydroxyl groups is 2. The average Bonchev–Trinajstić information content (AvgIpc) is 3.54. The second-order valence-corrected chi connectivity index (χ2v) is 18.1. The van der Waals surface area contributed by atoms with Gasteiger partial charge >= 0.3 is 11.8 Å². The van der Waals surface area contributed by atoms with Crippen LogP contribution in [-0.4, -0.2) is 119 Å².